The van der Waals surface area contributed by atoms with Gasteiger partial charge in [-0.05, 0) is 25.0 Å². The second kappa shape index (κ2) is 7.59. The summed E-state index contributed by atoms with van der Waals surface area (Å²) in [6.07, 6.45) is 7.27. The van der Waals surface area contributed by atoms with Gasteiger partial charge in [0.1, 0.15) is 5.75 Å². The van der Waals surface area contributed by atoms with Crippen LogP contribution >= 0.6 is 0 Å². The van der Waals surface area contributed by atoms with Gasteiger partial charge in [0, 0.05) is 17.5 Å². The van der Waals surface area contributed by atoms with Crippen LogP contribution in [0.3, 0.4) is 0 Å². The van der Waals surface area contributed by atoms with Crippen molar-refractivity contribution in [2.45, 2.75) is 32.1 Å². The topological polar surface area (TPSA) is 66.3 Å². The summed E-state index contributed by atoms with van der Waals surface area (Å²) in [7, 11) is 4.68. The van der Waals surface area contributed by atoms with Gasteiger partial charge in [0.25, 0.3) is 0 Å². The van der Waals surface area contributed by atoms with Crippen molar-refractivity contribution in [2.75, 3.05) is 21.3 Å². The molecule has 134 valence electrons. The zero-order valence-corrected chi connectivity index (χ0v) is 14.8. The van der Waals surface area contributed by atoms with Gasteiger partial charge in [-0.1, -0.05) is 19.3 Å². The van der Waals surface area contributed by atoms with E-state index in [0.717, 1.165) is 25.7 Å². The van der Waals surface area contributed by atoms with E-state index in [1.54, 1.807) is 39.5 Å². The normalized spacial score (nSPS) is 19.6. The third-order valence-corrected chi connectivity index (χ3v) is 4.62. The summed E-state index contributed by atoms with van der Waals surface area (Å²) in [5, 5.41) is 0. The average Bonchev–Trinajstić information content (AvgIpc) is 3.02. The van der Waals surface area contributed by atoms with Gasteiger partial charge in [0.05, 0.1) is 21.3 Å². The summed E-state index contributed by atoms with van der Waals surface area (Å²) in [6, 6.07) is 3.48. The van der Waals surface area contributed by atoms with Gasteiger partial charge in [-0.3, -0.25) is 0 Å². The van der Waals surface area contributed by atoms with Crippen molar-refractivity contribution in [3.05, 3.63) is 23.4 Å². The molecule has 1 saturated carbocycles. The first-order valence-corrected chi connectivity index (χ1v) is 8.48. The van der Waals surface area contributed by atoms with E-state index in [0.29, 0.717) is 28.7 Å². The molecule has 0 atom stereocenters. The van der Waals surface area contributed by atoms with Crippen LogP contribution in [0.25, 0.3) is 6.08 Å². The highest BCUT2D eigenvalue weighted by atomic mass is 16.6. The summed E-state index contributed by atoms with van der Waals surface area (Å²) >= 11 is 0. The Balaban J connectivity index is 1.93. The minimum Gasteiger partial charge on any atom is -0.496 e. The molecule has 3 rings (SSSR count). The van der Waals surface area contributed by atoms with Crippen LogP contribution in [0.1, 0.15) is 37.7 Å². The van der Waals surface area contributed by atoms with Crippen molar-refractivity contribution in [3.8, 4) is 17.2 Å². The highest BCUT2D eigenvalue weighted by Gasteiger charge is 2.30. The Kier molecular flexibility index (Phi) is 5.26. The molecule has 6 nitrogen and oxygen atoms in total. The molecule has 25 heavy (non-hydrogen) atoms. The summed E-state index contributed by atoms with van der Waals surface area (Å²) in [5.41, 5.74) is 0.965. The van der Waals surface area contributed by atoms with Crippen LogP contribution in [0.4, 0.5) is 0 Å². The molecular formula is C19H23NO5. The number of aliphatic imine (C=N–C) groups is 1. The van der Waals surface area contributed by atoms with Crippen molar-refractivity contribution < 1.29 is 23.7 Å². The number of ether oxygens (including phenoxy) is 4. The molecule has 1 aliphatic carbocycles. The molecular weight excluding hydrogens is 322 g/mol. The Morgan fingerprint density at radius 3 is 2.28 bits per heavy atom. The fraction of sp³-hybridized carbons (Fsp3) is 0.474. The SMILES string of the molecule is COc1cc(OC)c(OC)cc1/C=C1\N=C(C2CCCCC2)OC1=O. The first-order valence-electron chi connectivity index (χ1n) is 8.48. The van der Waals surface area contributed by atoms with Crippen molar-refractivity contribution in [1.29, 1.82) is 0 Å². The Bertz CT molecular complexity index is 717. The maximum atomic E-state index is 12.2. The predicted octanol–water partition coefficient (Wildman–Crippen LogP) is 3.59. The highest BCUT2D eigenvalue weighted by molar-refractivity contribution is 6.08. The zero-order valence-electron chi connectivity index (χ0n) is 14.8. The number of carbonyl (C=O) groups excluding carboxylic acids is 1. The van der Waals surface area contributed by atoms with E-state index in [9.17, 15) is 4.79 Å². The second-order valence-corrected chi connectivity index (χ2v) is 6.15. The Morgan fingerprint density at radius 1 is 1.00 bits per heavy atom. The van der Waals surface area contributed by atoms with Crippen LogP contribution in [0.2, 0.25) is 0 Å². The van der Waals surface area contributed by atoms with E-state index in [4.69, 9.17) is 18.9 Å². The Hall–Kier alpha value is -2.50. The van der Waals surface area contributed by atoms with E-state index < -0.39 is 5.97 Å². The second-order valence-electron chi connectivity index (χ2n) is 6.15. The molecule has 0 aromatic heterocycles. The average molecular weight is 345 g/mol. The lowest BCUT2D eigenvalue weighted by atomic mass is 9.89. The van der Waals surface area contributed by atoms with Crippen LogP contribution in [0.15, 0.2) is 22.8 Å². The minimum absolute atomic E-state index is 0.246. The molecule has 1 fully saturated rings. The fourth-order valence-electron chi connectivity index (χ4n) is 3.26. The zero-order chi connectivity index (χ0) is 17.8. The minimum atomic E-state index is -0.419. The molecule has 2 aliphatic rings. The first kappa shape index (κ1) is 17.3. The lowest BCUT2D eigenvalue weighted by molar-refractivity contribution is -0.130. The number of rotatable bonds is 5. The fourth-order valence-corrected chi connectivity index (χ4v) is 3.26. The van der Waals surface area contributed by atoms with Crippen molar-refractivity contribution >= 4 is 17.9 Å². The molecule has 0 N–H and O–H groups in total. The third-order valence-electron chi connectivity index (χ3n) is 4.62. The summed E-state index contributed by atoms with van der Waals surface area (Å²) in [5.74, 6) is 2.06. The van der Waals surface area contributed by atoms with E-state index in [1.807, 2.05) is 0 Å². The third kappa shape index (κ3) is 3.62. The molecule has 0 amide bonds. The molecule has 0 bridgehead atoms. The number of carbonyl (C=O) groups is 1. The number of methoxy groups -OCH3 is 3. The quantitative estimate of drug-likeness (QED) is 0.603. The van der Waals surface area contributed by atoms with Gasteiger partial charge in [0.15, 0.2) is 17.2 Å². The van der Waals surface area contributed by atoms with Crippen LogP contribution in [0, 0.1) is 5.92 Å². The molecule has 1 heterocycles. The van der Waals surface area contributed by atoms with Gasteiger partial charge < -0.3 is 18.9 Å². The van der Waals surface area contributed by atoms with Crippen LogP contribution in [-0.4, -0.2) is 33.2 Å². The van der Waals surface area contributed by atoms with Gasteiger partial charge in [-0.25, -0.2) is 9.79 Å². The smallest absolute Gasteiger partial charge is 0.363 e. The van der Waals surface area contributed by atoms with E-state index in [2.05, 4.69) is 4.99 Å². The van der Waals surface area contributed by atoms with Crippen LogP contribution in [-0.2, 0) is 9.53 Å². The lowest BCUT2D eigenvalue weighted by Crippen LogP contribution is -2.19. The van der Waals surface area contributed by atoms with Crippen LogP contribution in [0.5, 0.6) is 17.2 Å². The summed E-state index contributed by atoms with van der Waals surface area (Å²) in [4.78, 5) is 16.6. The summed E-state index contributed by atoms with van der Waals surface area (Å²) < 4.78 is 21.4. The van der Waals surface area contributed by atoms with Crippen molar-refractivity contribution in [1.82, 2.24) is 0 Å². The monoisotopic (exact) mass is 345 g/mol. The first-order chi connectivity index (χ1) is 12.2. The maximum Gasteiger partial charge on any atom is 0.363 e. The molecule has 0 unspecified atom stereocenters. The van der Waals surface area contributed by atoms with Gasteiger partial charge in [-0.15, -0.1) is 0 Å². The van der Waals surface area contributed by atoms with E-state index >= 15 is 0 Å². The van der Waals surface area contributed by atoms with Crippen molar-refractivity contribution in [3.63, 3.8) is 0 Å². The highest BCUT2D eigenvalue weighted by Crippen LogP contribution is 2.36. The molecule has 0 saturated heterocycles. The molecule has 0 spiro atoms. The lowest BCUT2D eigenvalue weighted by Gasteiger charge is -2.19. The largest absolute Gasteiger partial charge is 0.496 e. The molecule has 1 aromatic rings. The van der Waals surface area contributed by atoms with Gasteiger partial charge in [-0.2, -0.15) is 0 Å². The number of hydrogen-bond acceptors (Lipinski definition) is 6. The Morgan fingerprint density at radius 2 is 1.64 bits per heavy atom. The van der Waals surface area contributed by atoms with Gasteiger partial charge in [0.2, 0.25) is 5.90 Å². The Labute approximate surface area is 147 Å². The molecule has 1 aliphatic heterocycles. The number of hydrogen-bond donors (Lipinski definition) is 0. The molecule has 6 heteroatoms. The predicted molar refractivity (Wildman–Crippen MR) is 94.2 cm³/mol. The summed E-state index contributed by atoms with van der Waals surface area (Å²) in [6.45, 7) is 0. The molecule has 1 aromatic carbocycles. The number of esters is 1. The van der Waals surface area contributed by atoms with Crippen LogP contribution < -0.4 is 14.2 Å². The van der Waals surface area contributed by atoms with Gasteiger partial charge >= 0.3 is 5.97 Å². The standard InChI is InChI=1S/C19H23NO5/c1-22-15-11-17(24-3)16(23-2)10-13(15)9-14-19(21)25-18(20-14)12-7-5-4-6-8-12/h9-12H,4-8H2,1-3H3/b14-9-. The maximum absolute atomic E-state index is 12.2. The van der Waals surface area contributed by atoms with E-state index in [-0.39, 0.29) is 11.6 Å². The van der Waals surface area contributed by atoms with E-state index in [1.165, 1.54) is 6.42 Å². The number of nitrogens with zero attached hydrogens (tertiary/aromatic N) is 1. The number of benzene rings is 1. The molecule has 0 radical (unpaired) electrons. The number of cyclic esters (lactones) is 1. The van der Waals surface area contributed by atoms with Crippen molar-refractivity contribution in [2.24, 2.45) is 10.9 Å².